The van der Waals surface area contributed by atoms with Crippen LogP contribution in [0.3, 0.4) is 0 Å². The third kappa shape index (κ3) is 2.49. The predicted molar refractivity (Wildman–Crippen MR) is 82.5 cm³/mol. The molecule has 0 heteroatoms. The van der Waals surface area contributed by atoms with Gasteiger partial charge in [-0.15, -0.1) is 0 Å². The molecule has 0 heterocycles. The molecule has 0 fully saturated rings. The van der Waals surface area contributed by atoms with Gasteiger partial charge in [-0.3, -0.25) is 0 Å². The molecule has 3 rings (SSSR count). The summed E-state index contributed by atoms with van der Waals surface area (Å²) in [6.45, 7) is 4.41. The molecule has 1 atom stereocenters. The number of allylic oxidation sites excluding steroid dienone is 1. The number of hydrogen-bond donors (Lipinski definition) is 0. The maximum absolute atomic E-state index is 2.38. The van der Waals surface area contributed by atoms with Gasteiger partial charge in [0.25, 0.3) is 0 Å². The van der Waals surface area contributed by atoms with Crippen LogP contribution in [0.1, 0.15) is 40.2 Å². The van der Waals surface area contributed by atoms with E-state index in [9.17, 15) is 0 Å². The van der Waals surface area contributed by atoms with Crippen molar-refractivity contribution in [3.8, 4) is 0 Å². The average molecular weight is 248 g/mol. The largest absolute Gasteiger partial charge is 0.0764 e. The summed E-state index contributed by atoms with van der Waals surface area (Å²) in [5.74, 6) is 0.592. The van der Waals surface area contributed by atoms with Gasteiger partial charge < -0.3 is 0 Å². The van der Waals surface area contributed by atoms with Crippen LogP contribution in [0, 0.1) is 13.8 Å². The van der Waals surface area contributed by atoms with E-state index in [2.05, 4.69) is 68.5 Å². The Labute approximate surface area is 115 Å². The number of aryl methyl sites for hydroxylation is 3. The molecule has 0 aliphatic heterocycles. The highest BCUT2D eigenvalue weighted by Crippen LogP contribution is 2.35. The molecular formula is C19H20. The van der Waals surface area contributed by atoms with E-state index in [1.807, 2.05) is 0 Å². The summed E-state index contributed by atoms with van der Waals surface area (Å²) in [6.07, 6.45) is 7.02. The molecule has 1 aliphatic rings. The first-order valence-electron chi connectivity index (χ1n) is 7.07. The average Bonchev–Trinajstić information content (AvgIpc) is 2.80. The van der Waals surface area contributed by atoms with Crippen LogP contribution in [-0.4, -0.2) is 0 Å². The fourth-order valence-electron chi connectivity index (χ4n) is 2.87. The molecule has 1 aliphatic carbocycles. The van der Waals surface area contributed by atoms with Crippen molar-refractivity contribution in [1.82, 2.24) is 0 Å². The zero-order valence-corrected chi connectivity index (χ0v) is 11.7. The third-order valence-electron chi connectivity index (χ3n) is 4.19. The van der Waals surface area contributed by atoms with Crippen molar-refractivity contribution in [2.45, 2.75) is 32.6 Å². The Morgan fingerprint density at radius 3 is 2.47 bits per heavy atom. The summed E-state index contributed by atoms with van der Waals surface area (Å²) in [7, 11) is 0. The predicted octanol–water partition coefficient (Wildman–Crippen LogP) is 5.05. The molecule has 2 aromatic carbocycles. The number of hydrogen-bond acceptors (Lipinski definition) is 0. The van der Waals surface area contributed by atoms with Gasteiger partial charge in [0.1, 0.15) is 0 Å². The van der Waals surface area contributed by atoms with Crippen molar-refractivity contribution < 1.29 is 0 Å². The van der Waals surface area contributed by atoms with Crippen molar-refractivity contribution in [2.24, 2.45) is 0 Å². The molecular weight excluding hydrogens is 228 g/mol. The van der Waals surface area contributed by atoms with Crippen molar-refractivity contribution in [3.05, 3.63) is 76.4 Å². The number of rotatable bonds is 3. The van der Waals surface area contributed by atoms with Crippen LogP contribution in [0.4, 0.5) is 0 Å². The maximum Gasteiger partial charge on any atom is 0.00304 e. The SMILES string of the molecule is Cc1cc2c(cc1C)C(CCc1ccccc1)C=C2. The van der Waals surface area contributed by atoms with Gasteiger partial charge >= 0.3 is 0 Å². The second-order valence-corrected chi connectivity index (χ2v) is 5.56. The molecule has 0 nitrogen and oxygen atoms in total. The fourth-order valence-corrected chi connectivity index (χ4v) is 2.87. The van der Waals surface area contributed by atoms with Crippen LogP contribution in [0.5, 0.6) is 0 Å². The molecule has 0 amide bonds. The van der Waals surface area contributed by atoms with E-state index >= 15 is 0 Å². The van der Waals surface area contributed by atoms with Gasteiger partial charge in [0.15, 0.2) is 0 Å². The molecule has 0 spiro atoms. The minimum absolute atomic E-state index is 0.592. The first-order valence-corrected chi connectivity index (χ1v) is 7.07. The van der Waals surface area contributed by atoms with Crippen LogP contribution >= 0.6 is 0 Å². The Kier molecular flexibility index (Phi) is 3.25. The Morgan fingerprint density at radius 1 is 0.947 bits per heavy atom. The van der Waals surface area contributed by atoms with Crippen LogP contribution in [-0.2, 0) is 6.42 Å². The molecule has 0 N–H and O–H groups in total. The molecule has 0 aromatic heterocycles. The Morgan fingerprint density at radius 2 is 1.68 bits per heavy atom. The van der Waals surface area contributed by atoms with E-state index in [1.165, 1.54) is 34.2 Å². The van der Waals surface area contributed by atoms with Gasteiger partial charge in [-0.05, 0) is 54.5 Å². The first-order chi connectivity index (χ1) is 9.24. The van der Waals surface area contributed by atoms with Crippen LogP contribution in [0.2, 0.25) is 0 Å². The van der Waals surface area contributed by atoms with E-state index in [4.69, 9.17) is 0 Å². The second kappa shape index (κ2) is 5.05. The van der Waals surface area contributed by atoms with Crippen molar-refractivity contribution in [1.29, 1.82) is 0 Å². The van der Waals surface area contributed by atoms with Gasteiger partial charge in [0, 0.05) is 5.92 Å². The Hall–Kier alpha value is -1.82. The van der Waals surface area contributed by atoms with Crippen molar-refractivity contribution in [3.63, 3.8) is 0 Å². The smallest absolute Gasteiger partial charge is 0.00304 e. The van der Waals surface area contributed by atoms with Crippen molar-refractivity contribution in [2.75, 3.05) is 0 Å². The summed E-state index contributed by atoms with van der Waals surface area (Å²) in [4.78, 5) is 0. The summed E-state index contributed by atoms with van der Waals surface area (Å²) in [6, 6.07) is 15.5. The minimum atomic E-state index is 0.592. The first kappa shape index (κ1) is 12.2. The monoisotopic (exact) mass is 248 g/mol. The summed E-state index contributed by atoms with van der Waals surface area (Å²) in [5, 5.41) is 0. The van der Waals surface area contributed by atoms with Crippen LogP contribution in [0.25, 0.3) is 6.08 Å². The number of benzene rings is 2. The van der Waals surface area contributed by atoms with E-state index < -0.39 is 0 Å². The van der Waals surface area contributed by atoms with Crippen LogP contribution in [0.15, 0.2) is 48.5 Å². The standard InChI is InChI=1S/C19H20/c1-14-12-18-11-10-17(19(18)13-15(14)2)9-8-16-6-4-3-5-7-16/h3-7,10-13,17H,8-9H2,1-2H3. The normalized spacial score (nSPS) is 16.6. The molecule has 0 bridgehead atoms. The summed E-state index contributed by atoms with van der Waals surface area (Å²) < 4.78 is 0. The number of fused-ring (bicyclic) bond motifs is 1. The lowest BCUT2D eigenvalue weighted by Gasteiger charge is -2.13. The van der Waals surface area contributed by atoms with Crippen LogP contribution < -0.4 is 0 Å². The fraction of sp³-hybridized carbons (Fsp3) is 0.263. The van der Waals surface area contributed by atoms with Crippen molar-refractivity contribution >= 4 is 6.08 Å². The third-order valence-corrected chi connectivity index (χ3v) is 4.19. The summed E-state index contributed by atoms with van der Waals surface area (Å²) >= 11 is 0. The highest BCUT2D eigenvalue weighted by Gasteiger charge is 2.17. The lowest BCUT2D eigenvalue weighted by Crippen LogP contribution is -1.98. The van der Waals surface area contributed by atoms with E-state index in [0.717, 1.165) is 6.42 Å². The highest BCUT2D eigenvalue weighted by atomic mass is 14.2. The Bertz CT molecular complexity index is 605. The molecule has 19 heavy (non-hydrogen) atoms. The van der Waals surface area contributed by atoms with Gasteiger partial charge in [-0.2, -0.15) is 0 Å². The molecule has 0 radical (unpaired) electrons. The zero-order valence-electron chi connectivity index (χ0n) is 11.7. The van der Waals surface area contributed by atoms with Gasteiger partial charge in [-0.25, -0.2) is 0 Å². The quantitative estimate of drug-likeness (QED) is 0.713. The molecule has 96 valence electrons. The molecule has 0 saturated heterocycles. The Balaban J connectivity index is 1.76. The topological polar surface area (TPSA) is 0 Å². The lowest BCUT2D eigenvalue weighted by molar-refractivity contribution is 0.744. The minimum Gasteiger partial charge on any atom is -0.0764 e. The van der Waals surface area contributed by atoms with E-state index in [-0.39, 0.29) is 0 Å². The van der Waals surface area contributed by atoms with E-state index in [1.54, 1.807) is 0 Å². The maximum atomic E-state index is 2.38. The van der Waals surface area contributed by atoms with Gasteiger partial charge in [-0.1, -0.05) is 54.6 Å². The lowest BCUT2D eigenvalue weighted by atomic mass is 9.91. The summed E-state index contributed by atoms with van der Waals surface area (Å²) in [5.41, 5.74) is 7.17. The molecule has 0 saturated carbocycles. The molecule has 1 unspecified atom stereocenters. The second-order valence-electron chi connectivity index (χ2n) is 5.56. The zero-order chi connectivity index (χ0) is 13.2. The molecule has 2 aromatic rings. The van der Waals surface area contributed by atoms with E-state index in [0.29, 0.717) is 5.92 Å². The van der Waals surface area contributed by atoms with Gasteiger partial charge in [0.05, 0.1) is 0 Å². The highest BCUT2D eigenvalue weighted by molar-refractivity contribution is 5.64. The van der Waals surface area contributed by atoms with Gasteiger partial charge in [0.2, 0.25) is 0 Å².